The molecule has 2 aromatic carbocycles. The van der Waals surface area contributed by atoms with E-state index >= 15 is 0 Å². The van der Waals surface area contributed by atoms with E-state index in [1.807, 2.05) is 47.8 Å². The Bertz CT molecular complexity index is 975. The van der Waals surface area contributed by atoms with Gasteiger partial charge in [-0.1, -0.05) is 60.6 Å². The number of anilines is 2. The molecule has 0 amide bonds. The van der Waals surface area contributed by atoms with Crippen LogP contribution in [0.3, 0.4) is 0 Å². The Balaban J connectivity index is 1.57. The summed E-state index contributed by atoms with van der Waals surface area (Å²) >= 11 is 1.55. The van der Waals surface area contributed by atoms with Crippen molar-refractivity contribution < 1.29 is 4.52 Å². The van der Waals surface area contributed by atoms with Gasteiger partial charge in [0.15, 0.2) is 10.9 Å². The van der Waals surface area contributed by atoms with E-state index in [2.05, 4.69) is 40.6 Å². The van der Waals surface area contributed by atoms with Gasteiger partial charge in [-0.25, -0.2) is 4.98 Å². The highest BCUT2D eigenvalue weighted by molar-refractivity contribution is 7.14. The first-order valence-electron chi connectivity index (χ1n) is 8.16. The Morgan fingerprint density at radius 1 is 1.00 bits per heavy atom. The number of hydrogen-bond acceptors (Lipinski definition) is 5. The second kappa shape index (κ2) is 6.91. The molecule has 0 fully saturated rings. The van der Waals surface area contributed by atoms with Crippen molar-refractivity contribution in [1.29, 1.82) is 0 Å². The molecule has 1 N–H and O–H groups in total. The lowest BCUT2D eigenvalue weighted by molar-refractivity contribution is 0.434. The number of nitrogens with zero attached hydrogens (tertiary/aromatic N) is 2. The topological polar surface area (TPSA) is 51.0 Å². The van der Waals surface area contributed by atoms with Crippen LogP contribution in [-0.4, -0.2) is 10.1 Å². The number of nitrogens with one attached hydrogen (secondary N) is 1. The number of benzene rings is 2. The lowest BCUT2D eigenvalue weighted by Crippen LogP contribution is -1.94. The zero-order valence-corrected chi connectivity index (χ0v) is 14.6. The lowest BCUT2D eigenvalue weighted by Gasteiger charge is -2.07. The minimum Gasteiger partial charge on any atom is -0.354 e. The van der Waals surface area contributed by atoms with E-state index in [0.29, 0.717) is 5.76 Å². The van der Waals surface area contributed by atoms with E-state index in [0.717, 1.165) is 34.2 Å². The van der Waals surface area contributed by atoms with Gasteiger partial charge >= 0.3 is 0 Å². The van der Waals surface area contributed by atoms with Crippen molar-refractivity contribution in [2.24, 2.45) is 0 Å². The third kappa shape index (κ3) is 3.32. The molecule has 124 valence electrons. The largest absolute Gasteiger partial charge is 0.354 e. The minimum atomic E-state index is 0.673. The van der Waals surface area contributed by atoms with Gasteiger partial charge in [-0.2, -0.15) is 0 Å². The Morgan fingerprint density at radius 3 is 2.64 bits per heavy atom. The van der Waals surface area contributed by atoms with Gasteiger partial charge in [0, 0.05) is 22.7 Å². The zero-order chi connectivity index (χ0) is 17.1. The summed E-state index contributed by atoms with van der Waals surface area (Å²) in [7, 11) is 0. The standard InChI is InChI=1S/C20H17N3OS/c1-2-14-8-6-7-11-16(14)21-20-22-18(13-25-20)19-12-17(23-24-19)15-9-4-3-5-10-15/h3-13H,2H2,1H3,(H,21,22). The van der Waals surface area contributed by atoms with Gasteiger partial charge in [-0.3, -0.25) is 0 Å². The molecular formula is C20H17N3OS. The van der Waals surface area contributed by atoms with Gasteiger partial charge in [0.05, 0.1) is 0 Å². The second-order valence-corrected chi connectivity index (χ2v) is 6.47. The maximum Gasteiger partial charge on any atom is 0.187 e. The Labute approximate surface area is 150 Å². The Kier molecular flexibility index (Phi) is 4.31. The maximum atomic E-state index is 5.48. The molecule has 4 aromatic rings. The molecule has 2 aromatic heterocycles. The van der Waals surface area contributed by atoms with Gasteiger partial charge < -0.3 is 9.84 Å². The molecule has 0 aliphatic rings. The van der Waals surface area contributed by atoms with Gasteiger partial charge in [-0.05, 0) is 18.1 Å². The summed E-state index contributed by atoms with van der Waals surface area (Å²) in [4.78, 5) is 4.63. The summed E-state index contributed by atoms with van der Waals surface area (Å²) in [5.74, 6) is 0.673. The molecule has 2 heterocycles. The van der Waals surface area contributed by atoms with Crippen LogP contribution in [0.2, 0.25) is 0 Å². The summed E-state index contributed by atoms with van der Waals surface area (Å²) in [5.41, 5.74) is 4.99. The molecule has 4 rings (SSSR count). The fraction of sp³-hybridized carbons (Fsp3) is 0.100. The average molecular weight is 347 g/mol. The number of rotatable bonds is 5. The second-order valence-electron chi connectivity index (χ2n) is 5.62. The van der Waals surface area contributed by atoms with Gasteiger partial charge in [0.25, 0.3) is 0 Å². The highest BCUT2D eigenvalue weighted by atomic mass is 32.1. The average Bonchev–Trinajstić information content (AvgIpc) is 3.32. The monoisotopic (exact) mass is 347 g/mol. The summed E-state index contributed by atoms with van der Waals surface area (Å²) in [6.45, 7) is 2.15. The minimum absolute atomic E-state index is 0.673. The first-order chi connectivity index (χ1) is 12.3. The van der Waals surface area contributed by atoms with Crippen molar-refractivity contribution in [2.75, 3.05) is 5.32 Å². The normalized spacial score (nSPS) is 10.8. The molecule has 0 saturated heterocycles. The highest BCUT2D eigenvalue weighted by Gasteiger charge is 2.12. The SMILES string of the molecule is CCc1ccccc1Nc1nc(-c2cc(-c3ccccc3)no2)cs1. The molecule has 0 unspecified atom stereocenters. The summed E-state index contributed by atoms with van der Waals surface area (Å²) < 4.78 is 5.48. The lowest BCUT2D eigenvalue weighted by atomic mass is 10.1. The van der Waals surface area contributed by atoms with Crippen LogP contribution in [0.15, 0.2) is 70.6 Å². The number of aromatic nitrogens is 2. The van der Waals surface area contributed by atoms with Crippen LogP contribution in [0.1, 0.15) is 12.5 Å². The van der Waals surface area contributed by atoms with Gasteiger partial charge in [0.2, 0.25) is 0 Å². The summed E-state index contributed by atoms with van der Waals surface area (Å²) in [5, 5.41) is 10.4. The molecule has 0 radical (unpaired) electrons. The van der Waals surface area contributed by atoms with E-state index in [-0.39, 0.29) is 0 Å². The van der Waals surface area contributed by atoms with Crippen molar-refractivity contribution in [2.45, 2.75) is 13.3 Å². The molecule has 0 saturated carbocycles. The smallest absolute Gasteiger partial charge is 0.187 e. The molecule has 0 bridgehead atoms. The Hall–Kier alpha value is -2.92. The van der Waals surface area contributed by atoms with Crippen LogP contribution in [0, 0.1) is 0 Å². The fourth-order valence-electron chi connectivity index (χ4n) is 2.65. The van der Waals surface area contributed by atoms with Crippen molar-refractivity contribution >= 4 is 22.2 Å². The number of thiazole rings is 1. The molecule has 5 heteroatoms. The molecule has 4 nitrogen and oxygen atoms in total. The van der Waals surface area contributed by atoms with Crippen LogP contribution in [0.5, 0.6) is 0 Å². The first-order valence-corrected chi connectivity index (χ1v) is 9.04. The van der Waals surface area contributed by atoms with E-state index < -0.39 is 0 Å². The van der Waals surface area contributed by atoms with Crippen molar-refractivity contribution in [3.63, 3.8) is 0 Å². The van der Waals surface area contributed by atoms with E-state index in [1.54, 1.807) is 11.3 Å². The van der Waals surface area contributed by atoms with Crippen molar-refractivity contribution in [3.05, 3.63) is 71.6 Å². The maximum absolute atomic E-state index is 5.48. The third-order valence-corrected chi connectivity index (χ3v) is 4.73. The van der Waals surface area contributed by atoms with Gasteiger partial charge in [-0.15, -0.1) is 11.3 Å². The van der Waals surface area contributed by atoms with Crippen LogP contribution >= 0.6 is 11.3 Å². The van der Waals surface area contributed by atoms with E-state index in [1.165, 1.54) is 5.56 Å². The van der Waals surface area contributed by atoms with E-state index in [4.69, 9.17) is 4.52 Å². The van der Waals surface area contributed by atoms with Crippen molar-refractivity contribution in [3.8, 4) is 22.7 Å². The molecule has 0 atom stereocenters. The number of para-hydroxylation sites is 1. The third-order valence-electron chi connectivity index (χ3n) is 3.98. The fourth-order valence-corrected chi connectivity index (χ4v) is 3.36. The molecular weight excluding hydrogens is 330 g/mol. The van der Waals surface area contributed by atoms with Crippen LogP contribution < -0.4 is 5.32 Å². The predicted octanol–water partition coefficient (Wildman–Crippen LogP) is 5.77. The van der Waals surface area contributed by atoms with Crippen LogP contribution in [0.25, 0.3) is 22.7 Å². The first kappa shape index (κ1) is 15.6. The van der Waals surface area contributed by atoms with Crippen LogP contribution in [0.4, 0.5) is 10.8 Å². The molecule has 0 aliphatic heterocycles. The summed E-state index contributed by atoms with van der Waals surface area (Å²) in [6, 6.07) is 20.2. The Morgan fingerprint density at radius 2 is 1.80 bits per heavy atom. The summed E-state index contributed by atoms with van der Waals surface area (Å²) in [6.07, 6.45) is 0.976. The predicted molar refractivity (Wildman–Crippen MR) is 102 cm³/mol. The van der Waals surface area contributed by atoms with Crippen molar-refractivity contribution in [1.82, 2.24) is 10.1 Å². The van der Waals surface area contributed by atoms with Gasteiger partial charge in [0.1, 0.15) is 11.4 Å². The zero-order valence-electron chi connectivity index (χ0n) is 13.8. The number of hydrogen-bond donors (Lipinski definition) is 1. The highest BCUT2D eigenvalue weighted by Crippen LogP contribution is 2.30. The number of aryl methyl sites for hydroxylation is 1. The molecule has 0 aliphatic carbocycles. The van der Waals surface area contributed by atoms with Crippen LogP contribution in [-0.2, 0) is 6.42 Å². The molecule has 0 spiro atoms. The quantitative estimate of drug-likeness (QED) is 0.498. The molecule has 25 heavy (non-hydrogen) atoms. The van der Waals surface area contributed by atoms with E-state index in [9.17, 15) is 0 Å².